The molecule has 3 aromatic carbocycles. The second kappa shape index (κ2) is 9.83. The zero-order chi connectivity index (χ0) is 26.0. The Morgan fingerprint density at radius 3 is 2.14 bits per heavy atom. The van der Waals surface area contributed by atoms with Gasteiger partial charge in [-0.1, -0.05) is 31.2 Å². The average molecular weight is 485 g/mol. The fraction of sp³-hybridized carbons (Fsp3) is 0.148. The predicted octanol–water partition coefficient (Wildman–Crippen LogP) is 4.74. The largest absolute Gasteiger partial charge is 0.507 e. The number of aryl methyl sites for hydroxylation is 1. The third-order valence-electron chi connectivity index (χ3n) is 5.97. The van der Waals surface area contributed by atoms with E-state index >= 15 is 0 Å². The number of anilines is 2. The van der Waals surface area contributed by atoms with Gasteiger partial charge in [-0.15, -0.1) is 0 Å². The van der Waals surface area contributed by atoms with Gasteiger partial charge in [0.2, 0.25) is 5.91 Å². The zero-order valence-electron chi connectivity index (χ0n) is 19.6. The minimum Gasteiger partial charge on any atom is -0.507 e. The third-order valence-corrected chi connectivity index (χ3v) is 5.97. The van der Waals surface area contributed by atoms with Crippen LogP contribution in [0, 0.1) is 10.1 Å². The van der Waals surface area contributed by atoms with Gasteiger partial charge in [0, 0.05) is 36.0 Å². The number of nitrogens with one attached hydrogen (secondary N) is 1. The van der Waals surface area contributed by atoms with E-state index in [0.29, 0.717) is 16.9 Å². The number of hydrogen-bond donors (Lipinski definition) is 2. The number of ketones is 1. The molecule has 1 fully saturated rings. The van der Waals surface area contributed by atoms with Crippen LogP contribution in [0.2, 0.25) is 0 Å². The molecule has 0 aromatic heterocycles. The van der Waals surface area contributed by atoms with E-state index in [1.807, 2.05) is 19.1 Å². The van der Waals surface area contributed by atoms with E-state index < -0.39 is 28.4 Å². The Morgan fingerprint density at radius 1 is 1.00 bits per heavy atom. The Morgan fingerprint density at radius 2 is 1.61 bits per heavy atom. The number of nitrogens with zero attached hydrogens (tertiary/aromatic N) is 2. The highest BCUT2D eigenvalue weighted by molar-refractivity contribution is 6.51. The maximum atomic E-state index is 13.2. The molecule has 3 aromatic rings. The number of Topliss-reactive ketones (excluding diaryl/α,β-unsaturated/α-hetero) is 1. The number of hydrogen-bond acceptors (Lipinski definition) is 6. The van der Waals surface area contributed by atoms with Crippen LogP contribution in [0.1, 0.15) is 36.6 Å². The first-order valence-electron chi connectivity index (χ1n) is 11.2. The molecular formula is C27H23N3O6. The Kier molecular flexibility index (Phi) is 6.64. The van der Waals surface area contributed by atoms with Crippen LogP contribution < -0.4 is 10.2 Å². The van der Waals surface area contributed by atoms with Crippen LogP contribution >= 0.6 is 0 Å². The first kappa shape index (κ1) is 24.3. The molecule has 2 N–H and O–H groups in total. The van der Waals surface area contributed by atoms with E-state index in [1.54, 1.807) is 36.4 Å². The van der Waals surface area contributed by atoms with Gasteiger partial charge in [0.15, 0.2) is 0 Å². The van der Waals surface area contributed by atoms with Crippen molar-refractivity contribution >= 4 is 40.4 Å². The molecule has 1 unspecified atom stereocenters. The summed E-state index contributed by atoms with van der Waals surface area (Å²) < 4.78 is 0. The standard InChI is InChI=1S/C27H23N3O6/c1-3-17-4-6-18(7-5-17)24-23(25(32)19-8-12-22(13-9-19)30(35)36)26(33)27(34)29(24)21-14-10-20(11-15-21)28-16(2)31/h4-15,24,32H,3H2,1-2H3,(H,28,31)/b25-23-. The van der Waals surface area contributed by atoms with Gasteiger partial charge in [0.05, 0.1) is 16.5 Å². The van der Waals surface area contributed by atoms with E-state index in [9.17, 15) is 29.6 Å². The highest BCUT2D eigenvalue weighted by Crippen LogP contribution is 2.42. The van der Waals surface area contributed by atoms with Crippen LogP contribution in [-0.2, 0) is 20.8 Å². The molecule has 0 spiro atoms. The second-order valence-corrected chi connectivity index (χ2v) is 8.30. The van der Waals surface area contributed by atoms with Crippen molar-refractivity contribution in [3.8, 4) is 0 Å². The lowest BCUT2D eigenvalue weighted by Crippen LogP contribution is -2.29. The predicted molar refractivity (Wildman–Crippen MR) is 134 cm³/mol. The summed E-state index contributed by atoms with van der Waals surface area (Å²) in [5.74, 6) is -2.37. The molecule has 0 aliphatic carbocycles. The number of nitro benzene ring substituents is 1. The summed E-state index contributed by atoms with van der Waals surface area (Å²) in [4.78, 5) is 49.6. The number of nitro groups is 1. The number of non-ortho nitro benzene ring substituents is 1. The van der Waals surface area contributed by atoms with Crippen molar-refractivity contribution in [1.29, 1.82) is 0 Å². The quantitative estimate of drug-likeness (QED) is 0.171. The SMILES string of the molecule is CCc1ccc(C2/C(=C(/O)c3ccc([N+](=O)[O-])cc3)C(=O)C(=O)N2c2ccc(NC(C)=O)cc2)cc1. The van der Waals surface area contributed by atoms with Crippen molar-refractivity contribution in [3.63, 3.8) is 0 Å². The number of aliphatic hydroxyl groups excluding tert-OH is 1. The van der Waals surface area contributed by atoms with Crippen molar-refractivity contribution in [1.82, 2.24) is 0 Å². The highest BCUT2D eigenvalue weighted by Gasteiger charge is 2.47. The van der Waals surface area contributed by atoms with Crippen molar-refractivity contribution in [2.75, 3.05) is 10.2 Å². The minimum absolute atomic E-state index is 0.121. The van der Waals surface area contributed by atoms with Gasteiger partial charge in [0.25, 0.3) is 17.4 Å². The van der Waals surface area contributed by atoms with Gasteiger partial charge in [0.1, 0.15) is 5.76 Å². The fourth-order valence-electron chi connectivity index (χ4n) is 4.16. The number of aliphatic hydroxyl groups is 1. The van der Waals surface area contributed by atoms with Crippen LogP contribution in [0.5, 0.6) is 0 Å². The molecule has 1 atom stereocenters. The number of rotatable bonds is 6. The van der Waals surface area contributed by atoms with Gasteiger partial charge in [-0.3, -0.25) is 29.4 Å². The molecule has 0 bridgehead atoms. The molecule has 1 aliphatic rings. The Labute approximate surface area is 206 Å². The molecule has 1 saturated heterocycles. The summed E-state index contributed by atoms with van der Waals surface area (Å²) in [5.41, 5.74) is 2.49. The van der Waals surface area contributed by atoms with Crippen LogP contribution in [0.4, 0.5) is 17.1 Å². The van der Waals surface area contributed by atoms with Crippen LogP contribution in [0.15, 0.2) is 78.4 Å². The molecule has 0 radical (unpaired) electrons. The van der Waals surface area contributed by atoms with Crippen LogP contribution in [0.25, 0.3) is 5.76 Å². The highest BCUT2D eigenvalue weighted by atomic mass is 16.6. The van der Waals surface area contributed by atoms with Crippen LogP contribution in [0.3, 0.4) is 0 Å². The summed E-state index contributed by atoms with van der Waals surface area (Å²) in [6, 6.07) is 18.0. The molecule has 2 amide bonds. The second-order valence-electron chi connectivity index (χ2n) is 8.30. The summed E-state index contributed by atoms with van der Waals surface area (Å²) in [6.45, 7) is 3.39. The van der Waals surface area contributed by atoms with Gasteiger partial charge in [-0.05, 0) is 53.9 Å². The maximum absolute atomic E-state index is 13.2. The lowest BCUT2D eigenvalue weighted by molar-refractivity contribution is -0.384. The first-order chi connectivity index (χ1) is 17.2. The maximum Gasteiger partial charge on any atom is 0.300 e. The molecule has 4 rings (SSSR count). The molecular weight excluding hydrogens is 462 g/mol. The third kappa shape index (κ3) is 4.58. The number of carbonyl (C=O) groups excluding carboxylic acids is 3. The monoisotopic (exact) mass is 485 g/mol. The van der Waals surface area contributed by atoms with Crippen LogP contribution in [-0.4, -0.2) is 27.6 Å². The van der Waals surface area contributed by atoms with Crippen molar-refractivity contribution in [2.45, 2.75) is 26.3 Å². The van der Waals surface area contributed by atoms with Crippen molar-refractivity contribution < 1.29 is 24.4 Å². The van der Waals surface area contributed by atoms with Gasteiger partial charge in [-0.2, -0.15) is 0 Å². The summed E-state index contributed by atoms with van der Waals surface area (Å²) in [6.07, 6.45) is 0.799. The molecule has 36 heavy (non-hydrogen) atoms. The Bertz CT molecular complexity index is 1380. The van der Waals surface area contributed by atoms with Crippen molar-refractivity contribution in [2.24, 2.45) is 0 Å². The number of amides is 2. The molecule has 182 valence electrons. The lowest BCUT2D eigenvalue weighted by atomic mass is 9.94. The Balaban J connectivity index is 1.85. The smallest absolute Gasteiger partial charge is 0.300 e. The minimum atomic E-state index is -0.933. The summed E-state index contributed by atoms with van der Waals surface area (Å²) >= 11 is 0. The van der Waals surface area contributed by atoms with Gasteiger partial charge in [-0.25, -0.2) is 0 Å². The summed E-state index contributed by atoms with van der Waals surface area (Å²) in [7, 11) is 0. The number of carbonyl (C=O) groups is 3. The lowest BCUT2D eigenvalue weighted by Gasteiger charge is -2.26. The normalized spacial score (nSPS) is 16.7. The zero-order valence-corrected chi connectivity index (χ0v) is 19.6. The molecule has 0 saturated carbocycles. The van der Waals surface area contributed by atoms with Gasteiger partial charge < -0.3 is 10.4 Å². The van der Waals surface area contributed by atoms with E-state index in [0.717, 1.165) is 12.0 Å². The Hall–Kier alpha value is -4.79. The molecule has 1 aliphatic heterocycles. The van der Waals surface area contributed by atoms with Crippen molar-refractivity contribution in [3.05, 3.63) is 105 Å². The molecule has 9 heteroatoms. The molecule has 9 nitrogen and oxygen atoms in total. The fourth-order valence-corrected chi connectivity index (χ4v) is 4.16. The average Bonchev–Trinajstić information content (AvgIpc) is 3.14. The van der Waals surface area contributed by atoms with E-state index in [-0.39, 0.29) is 22.7 Å². The van der Waals surface area contributed by atoms with E-state index in [4.69, 9.17) is 0 Å². The van der Waals surface area contributed by atoms with Gasteiger partial charge >= 0.3 is 0 Å². The molecule has 1 heterocycles. The first-order valence-corrected chi connectivity index (χ1v) is 11.2. The summed E-state index contributed by atoms with van der Waals surface area (Å²) in [5, 5.41) is 24.8. The number of benzene rings is 3. The topological polar surface area (TPSA) is 130 Å². The van der Waals surface area contributed by atoms with E-state index in [1.165, 1.54) is 36.1 Å². The van der Waals surface area contributed by atoms with E-state index in [2.05, 4.69) is 5.32 Å².